The first-order valence-corrected chi connectivity index (χ1v) is 10.2. The maximum atomic E-state index is 12.3. The minimum absolute atomic E-state index is 0.0466. The second kappa shape index (κ2) is 9.74. The van der Waals surface area contributed by atoms with Gasteiger partial charge in [0.2, 0.25) is 0 Å². The number of halogens is 3. The highest BCUT2D eigenvalue weighted by atomic mass is 19.4. The van der Waals surface area contributed by atoms with Gasteiger partial charge in [0, 0.05) is 18.8 Å². The van der Waals surface area contributed by atoms with E-state index in [0.29, 0.717) is 6.54 Å². The third-order valence-corrected chi connectivity index (χ3v) is 5.50. The number of para-hydroxylation sites is 1. The molecule has 10 heteroatoms. The van der Waals surface area contributed by atoms with Crippen molar-refractivity contribution >= 4 is 17.6 Å². The highest BCUT2D eigenvalue weighted by Gasteiger charge is 2.42. The first-order valence-electron chi connectivity index (χ1n) is 10.2. The number of piperidine rings is 1. The van der Waals surface area contributed by atoms with E-state index < -0.39 is 12.1 Å². The SMILES string of the molecule is Cc1ccc(CN2CCC3(CC2)CN(c2ccccc2)C(=O)CO3)o1.O=C(O)C(F)(F)F. The van der Waals surface area contributed by atoms with Crippen LogP contribution in [-0.4, -0.2) is 59.9 Å². The molecule has 0 unspecified atom stereocenters. The number of ether oxygens (including phenoxy) is 1. The minimum Gasteiger partial charge on any atom is -0.475 e. The summed E-state index contributed by atoms with van der Waals surface area (Å²) in [7, 11) is 0. The number of aryl methyl sites for hydroxylation is 1. The van der Waals surface area contributed by atoms with Crippen LogP contribution in [-0.2, 0) is 20.9 Å². The van der Waals surface area contributed by atoms with Crippen molar-refractivity contribution in [2.75, 3.05) is 31.1 Å². The van der Waals surface area contributed by atoms with E-state index in [1.807, 2.05) is 54.3 Å². The molecule has 1 N–H and O–H groups in total. The van der Waals surface area contributed by atoms with E-state index in [1.165, 1.54) is 0 Å². The van der Waals surface area contributed by atoms with Gasteiger partial charge in [0.1, 0.15) is 18.1 Å². The van der Waals surface area contributed by atoms with Gasteiger partial charge in [-0.1, -0.05) is 18.2 Å². The van der Waals surface area contributed by atoms with Crippen molar-refractivity contribution in [2.45, 2.75) is 38.1 Å². The second-order valence-electron chi connectivity index (χ2n) is 7.88. The summed E-state index contributed by atoms with van der Waals surface area (Å²) < 4.78 is 43.5. The average Bonchev–Trinajstić information content (AvgIpc) is 3.17. The Kier molecular flexibility index (Phi) is 7.25. The van der Waals surface area contributed by atoms with E-state index in [4.69, 9.17) is 19.1 Å². The lowest BCUT2D eigenvalue weighted by Gasteiger charge is -2.46. The molecule has 0 radical (unpaired) electrons. The zero-order chi connectivity index (χ0) is 23.4. The molecule has 2 aliphatic heterocycles. The number of amides is 1. The number of aliphatic carboxylic acids is 1. The first kappa shape index (κ1) is 23.8. The number of benzene rings is 1. The zero-order valence-corrected chi connectivity index (χ0v) is 17.6. The topological polar surface area (TPSA) is 83.2 Å². The maximum absolute atomic E-state index is 12.3. The van der Waals surface area contributed by atoms with Crippen LogP contribution in [0, 0.1) is 6.92 Å². The Morgan fingerprint density at radius 1 is 1.12 bits per heavy atom. The number of anilines is 1. The smallest absolute Gasteiger partial charge is 0.475 e. The second-order valence-corrected chi connectivity index (χ2v) is 7.88. The van der Waals surface area contributed by atoms with Gasteiger partial charge in [-0.2, -0.15) is 13.2 Å². The van der Waals surface area contributed by atoms with Gasteiger partial charge in [-0.05, 0) is 44.0 Å². The fourth-order valence-electron chi connectivity index (χ4n) is 3.77. The van der Waals surface area contributed by atoms with Crippen LogP contribution in [0.25, 0.3) is 0 Å². The van der Waals surface area contributed by atoms with Gasteiger partial charge in [-0.25, -0.2) is 4.79 Å². The molecule has 4 rings (SSSR count). The number of carbonyl (C=O) groups excluding carboxylic acids is 1. The molecular formula is C22H25F3N2O5. The summed E-state index contributed by atoms with van der Waals surface area (Å²) in [5, 5.41) is 7.12. The van der Waals surface area contributed by atoms with E-state index in [-0.39, 0.29) is 18.1 Å². The number of likely N-dealkylation sites (tertiary alicyclic amines) is 1. The number of hydrogen-bond donors (Lipinski definition) is 1. The van der Waals surface area contributed by atoms with E-state index in [1.54, 1.807) is 0 Å². The Morgan fingerprint density at radius 3 is 2.28 bits per heavy atom. The van der Waals surface area contributed by atoms with Gasteiger partial charge >= 0.3 is 12.1 Å². The molecule has 1 spiro atoms. The summed E-state index contributed by atoms with van der Waals surface area (Å²) in [5.41, 5.74) is 0.739. The normalized spacial score (nSPS) is 18.9. The van der Waals surface area contributed by atoms with Crippen LogP contribution < -0.4 is 4.90 Å². The van der Waals surface area contributed by atoms with Crippen LogP contribution in [0.2, 0.25) is 0 Å². The van der Waals surface area contributed by atoms with Crippen LogP contribution in [0.3, 0.4) is 0 Å². The zero-order valence-electron chi connectivity index (χ0n) is 17.6. The summed E-state index contributed by atoms with van der Waals surface area (Å²) in [4.78, 5) is 25.5. The number of rotatable bonds is 3. The number of morpholine rings is 1. The van der Waals surface area contributed by atoms with Crippen LogP contribution >= 0.6 is 0 Å². The number of carbonyl (C=O) groups is 2. The van der Waals surface area contributed by atoms with Crippen molar-refractivity contribution < 1.29 is 37.0 Å². The van der Waals surface area contributed by atoms with E-state index in [2.05, 4.69) is 4.90 Å². The molecule has 2 saturated heterocycles. The fraction of sp³-hybridized carbons (Fsp3) is 0.455. The Morgan fingerprint density at radius 2 is 1.75 bits per heavy atom. The Labute approximate surface area is 183 Å². The molecule has 2 fully saturated rings. The Hall–Kier alpha value is -2.85. The van der Waals surface area contributed by atoms with Crippen LogP contribution in [0.5, 0.6) is 0 Å². The number of carboxylic acid groups (broad SMARTS) is 1. The van der Waals surface area contributed by atoms with Gasteiger partial charge < -0.3 is 19.2 Å². The van der Waals surface area contributed by atoms with Gasteiger partial charge in [0.05, 0.1) is 18.7 Å². The third kappa shape index (κ3) is 6.10. The van der Waals surface area contributed by atoms with Gasteiger partial charge in [-0.15, -0.1) is 0 Å². The summed E-state index contributed by atoms with van der Waals surface area (Å²) in [6, 6.07) is 14.0. The fourth-order valence-corrected chi connectivity index (χ4v) is 3.77. The van der Waals surface area contributed by atoms with Gasteiger partial charge in [-0.3, -0.25) is 9.69 Å². The lowest BCUT2D eigenvalue weighted by Crippen LogP contribution is -2.58. The summed E-state index contributed by atoms with van der Waals surface area (Å²) in [6.45, 7) is 5.54. The number of hydrogen-bond acceptors (Lipinski definition) is 5. The standard InChI is InChI=1S/C20H24N2O3.C2HF3O2/c1-16-7-8-18(25-16)13-21-11-9-20(10-12-21)15-22(19(23)14-24-20)17-5-3-2-4-6-17;3-2(4,5)1(6)7/h2-8H,9-15H2,1H3;(H,6,7). The largest absolute Gasteiger partial charge is 0.490 e. The Bertz CT molecular complexity index is 921. The monoisotopic (exact) mass is 454 g/mol. The van der Waals surface area contributed by atoms with E-state index >= 15 is 0 Å². The van der Waals surface area contributed by atoms with Crippen molar-refractivity contribution in [1.82, 2.24) is 4.90 Å². The molecule has 1 aromatic carbocycles. The maximum Gasteiger partial charge on any atom is 0.490 e. The molecule has 0 saturated carbocycles. The van der Waals surface area contributed by atoms with Crippen molar-refractivity contribution in [1.29, 1.82) is 0 Å². The first-order chi connectivity index (χ1) is 15.1. The van der Waals surface area contributed by atoms with Crippen molar-refractivity contribution in [3.63, 3.8) is 0 Å². The number of alkyl halides is 3. The molecule has 174 valence electrons. The highest BCUT2D eigenvalue weighted by molar-refractivity contribution is 5.95. The van der Waals surface area contributed by atoms with Crippen LogP contribution in [0.15, 0.2) is 46.9 Å². The van der Waals surface area contributed by atoms with E-state index in [0.717, 1.165) is 49.7 Å². The van der Waals surface area contributed by atoms with Crippen LogP contribution in [0.1, 0.15) is 24.4 Å². The number of nitrogens with zero attached hydrogens (tertiary/aromatic N) is 2. The number of furan rings is 1. The molecule has 2 aliphatic rings. The predicted octanol–water partition coefficient (Wildman–Crippen LogP) is 3.62. The summed E-state index contributed by atoms with van der Waals surface area (Å²) in [5.74, 6) is -0.743. The van der Waals surface area contributed by atoms with Crippen molar-refractivity contribution in [3.8, 4) is 0 Å². The predicted molar refractivity (Wildman–Crippen MR) is 109 cm³/mol. The van der Waals surface area contributed by atoms with E-state index in [9.17, 15) is 18.0 Å². The van der Waals surface area contributed by atoms with Gasteiger partial charge in [0.15, 0.2) is 0 Å². The summed E-state index contributed by atoms with van der Waals surface area (Å²) in [6.07, 6.45) is -3.22. The lowest BCUT2D eigenvalue weighted by atomic mass is 9.89. The van der Waals surface area contributed by atoms with Crippen molar-refractivity contribution in [2.24, 2.45) is 0 Å². The highest BCUT2D eigenvalue weighted by Crippen LogP contribution is 2.33. The van der Waals surface area contributed by atoms with Crippen molar-refractivity contribution in [3.05, 3.63) is 54.0 Å². The quantitative estimate of drug-likeness (QED) is 0.763. The molecule has 1 aromatic heterocycles. The molecule has 0 bridgehead atoms. The lowest BCUT2D eigenvalue weighted by molar-refractivity contribution is -0.192. The molecule has 0 atom stereocenters. The number of carboxylic acids is 1. The minimum atomic E-state index is -5.08. The molecule has 32 heavy (non-hydrogen) atoms. The molecule has 0 aliphatic carbocycles. The molecular weight excluding hydrogens is 429 g/mol. The molecule has 1 amide bonds. The summed E-state index contributed by atoms with van der Waals surface area (Å²) >= 11 is 0. The average molecular weight is 454 g/mol. The molecule has 2 aromatic rings. The van der Waals surface area contributed by atoms with Crippen LogP contribution in [0.4, 0.5) is 18.9 Å². The molecule has 7 nitrogen and oxygen atoms in total. The third-order valence-electron chi connectivity index (χ3n) is 5.50. The molecule has 3 heterocycles. The Balaban J connectivity index is 0.000000360. The van der Waals surface area contributed by atoms with Gasteiger partial charge in [0.25, 0.3) is 5.91 Å².